The smallest absolute Gasteiger partial charge is 0.176 e. The second-order valence-corrected chi connectivity index (χ2v) is 11.1. The van der Waals surface area contributed by atoms with Crippen LogP contribution in [0.3, 0.4) is 0 Å². The Morgan fingerprint density at radius 2 is 1.91 bits per heavy atom. The Kier molecular flexibility index (Phi) is 8.89. The van der Waals surface area contributed by atoms with E-state index in [1.807, 2.05) is 30.3 Å². The number of benzene rings is 1. The maximum absolute atomic E-state index is 5.85. The average molecular weight is 333 g/mol. The van der Waals surface area contributed by atoms with Gasteiger partial charge in [0.1, 0.15) is 8.07 Å². The van der Waals surface area contributed by atoms with Crippen molar-refractivity contribution in [2.24, 2.45) is 0 Å². The van der Waals surface area contributed by atoms with Gasteiger partial charge in [-0.05, 0) is 11.6 Å². The third-order valence-corrected chi connectivity index (χ3v) is 3.89. The van der Waals surface area contributed by atoms with E-state index in [0.29, 0.717) is 19.6 Å². The average Bonchev–Trinajstić information content (AvgIpc) is 2.51. The summed E-state index contributed by atoms with van der Waals surface area (Å²) in [5.41, 5.74) is 4.50. The second-order valence-electron chi connectivity index (χ2n) is 6.35. The van der Waals surface area contributed by atoms with Crippen LogP contribution < -0.4 is 0 Å². The summed E-state index contributed by atoms with van der Waals surface area (Å²) < 4.78 is 16.8. The summed E-state index contributed by atoms with van der Waals surface area (Å²) >= 11 is 0. The Balaban J connectivity index is 2.55. The zero-order chi connectivity index (χ0) is 17.1. The van der Waals surface area contributed by atoms with Crippen LogP contribution in [0, 0.1) is 11.5 Å². The van der Waals surface area contributed by atoms with Crippen molar-refractivity contribution in [2.75, 3.05) is 13.7 Å². The molecule has 0 N–H and O–H groups in total. The van der Waals surface area contributed by atoms with Crippen LogP contribution in [0.2, 0.25) is 19.6 Å². The van der Waals surface area contributed by atoms with Crippen LogP contribution in [-0.2, 0) is 20.8 Å². The standard InChI is InChI=1S/C19H28O3Si/c1-6-19(20-2)22-18(13-10-14-23(3,4)5)16-21-15-17-11-8-7-9-12-17/h6-9,11-12,18-19H,1,13,15-16H2,2-5H3/t18-,19?/m0/s1. The Labute approximate surface area is 141 Å². The largest absolute Gasteiger partial charge is 0.374 e. The van der Waals surface area contributed by atoms with Gasteiger partial charge in [-0.2, -0.15) is 0 Å². The molecule has 0 saturated heterocycles. The van der Waals surface area contributed by atoms with Gasteiger partial charge in [-0.1, -0.05) is 56.6 Å². The fourth-order valence-electron chi connectivity index (χ4n) is 1.86. The molecule has 4 heteroatoms. The number of methoxy groups -OCH3 is 1. The van der Waals surface area contributed by atoms with E-state index in [1.165, 1.54) is 0 Å². The van der Waals surface area contributed by atoms with Gasteiger partial charge in [0.25, 0.3) is 0 Å². The van der Waals surface area contributed by atoms with Crippen LogP contribution in [0.15, 0.2) is 43.0 Å². The topological polar surface area (TPSA) is 27.7 Å². The number of ether oxygens (including phenoxy) is 3. The molecule has 126 valence electrons. The molecule has 1 aromatic rings. The molecule has 0 amide bonds. The molecule has 0 aliphatic heterocycles. The highest BCUT2D eigenvalue weighted by atomic mass is 28.3. The van der Waals surface area contributed by atoms with Crippen LogP contribution in [0.5, 0.6) is 0 Å². The molecule has 0 radical (unpaired) electrons. The van der Waals surface area contributed by atoms with Crippen molar-refractivity contribution in [3.8, 4) is 11.5 Å². The van der Waals surface area contributed by atoms with Crippen LogP contribution in [0.25, 0.3) is 0 Å². The van der Waals surface area contributed by atoms with Crippen molar-refractivity contribution in [3.63, 3.8) is 0 Å². The van der Waals surface area contributed by atoms with Crippen molar-refractivity contribution in [1.82, 2.24) is 0 Å². The lowest BCUT2D eigenvalue weighted by molar-refractivity contribution is -0.142. The number of rotatable bonds is 9. The van der Waals surface area contributed by atoms with Gasteiger partial charge in [0.05, 0.1) is 19.3 Å². The molecule has 1 rings (SSSR count). The minimum absolute atomic E-state index is 0.134. The Bertz CT molecular complexity index is 511. The third kappa shape index (κ3) is 9.37. The van der Waals surface area contributed by atoms with Crippen LogP contribution in [0.1, 0.15) is 12.0 Å². The minimum atomic E-state index is -1.37. The van der Waals surface area contributed by atoms with Crippen LogP contribution >= 0.6 is 0 Å². The van der Waals surface area contributed by atoms with Crippen molar-refractivity contribution in [1.29, 1.82) is 0 Å². The van der Waals surface area contributed by atoms with E-state index in [2.05, 4.69) is 37.7 Å². The zero-order valence-electron chi connectivity index (χ0n) is 14.7. The Morgan fingerprint density at radius 3 is 2.48 bits per heavy atom. The molecule has 0 bridgehead atoms. The maximum Gasteiger partial charge on any atom is 0.176 e. The molecule has 0 spiro atoms. The van der Waals surface area contributed by atoms with Gasteiger partial charge in [0.2, 0.25) is 0 Å². The highest BCUT2D eigenvalue weighted by molar-refractivity contribution is 6.83. The molecule has 1 unspecified atom stereocenters. The molecule has 1 aromatic carbocycles. The number of hydrogen-bond acceptors (Lipinski definition) is 3. The quantitative estimate of drug-likeness (QED) is 0.296. The summed E-state index contributed by atoms with van der Waals surface area (Å²) in [6.07, 6.45) is 1.70. The highest BCUT2D eigenvalue weighted by Crippen LogP contribution is 2.08. The fourth-order valence-corrected chi connectivity index (χ4v) is 2.49. The van der Waals surface area contributed by atoms with Crippen molar-refractivity contribution in [3.05, 3.63) is 48.6 Å². The molecule has 0 fully saturated rings. The lowest BCUT2D eigenvalue weighted by Crippen LogP contribution is -2.26. The van der Waals surface area contributed by atoms with Gasteiger partial charge in [-0.15, -0.1) is 11.5 Å². The van der Waals surface area contributed by atoms with E-state index >= 15 is 0 Å². The SMILES string of the molecule is C=CC(OC)O[C@@H](CC#C[Si](C)(C)C)COCc1ccccc1. The molecule has 3 nitrogen and oxygen atoms in total. The van der Waals surface area contributed by atoms with Gasteiger partial charge >= 0.3 is 0 Å². The first-order valence-corrected chi connectivity index (χ1v) is 11.4. The Morgan fingerprint density at radius 1 is 1.22 bits per heavy atom. The van der Waals surface area contributed by atoms with Gasteiger partial charge in [0, 0.05) is 13.5 Å². The van der Waals surface area contributed by atoms with E-state index < -0.39 is 14.4 Å². The molecular weight excluding hydrogens is 304 g/mol. The van der Waals surface area contributed by atoms with Crippen molar-refractivity contribution < 1.29 is 14.2 Å². The molecule has 0 heterocycles. The van der Waals surface area contributed by atoms with E-state index in [9.17, 15) is 0 Å². The van der Waals surface area contributed by atoms with Crippen molar-refractivity contribution >= 4 is 8.07 Å². The summed E-state index contributed by atoms with van der Waals surface area (Å²) in [6.45, 7) is 11.4. The van der Waals surface area contributed by atoms with E-state index in [4.69, 9.17) is 14.2 Å². The molecule has 2 atom stereocenters. The first-order valence-electron chi connectivity index (χ1n) is 7.87. The number of hydrogen-bond donors (Lipinski definition) is 0. The monoisotopic (exact) mass is 332 g/mol. The molecule has 23 heavy (non-hydrogen) atoms. The summed E-state index contributed by atoms with van der Waals surface area (Å²) in [4.78, 5) is 0. The lowest BCUT2D eigenvalue weighted by atomic mass is 10.2. The van der Waals surface area contributed by atoms with Crippen molar-refractivity contribution in [2.45, 2.75) is 45.1 Å². The normalized spacial score (nSPS) is 13.7. The third-order valence-electron chi connectivity index (χ3n) is 2.96. The summed E-state index contributed by atoms with van der Waals surface area (Å²) in [7, 11) is 0.226. The summed E-state index contributed by atoms with van der Waals surface area (Å²) in [6, 6.07) is 10.1. The molecular formula is C19H28O3Si. The minimum Gasteiger partial charge on any atom is -0.374 e. The van der Waals surface area contributed by atoms with E-state index in [0.717, 1.165) is 5.56 Å². The first kappa shape index (κ1) is 19.7. The van der Waals surface area contributed by atoms with E-state index in [-0.39, 0.29) is 6.10 Å². The zero-order valence-corrected chi connectivity index (χ0v) is 15.7. The summed E-state index contributed by atoms with van der Waals surface area (Å²) in [5, 5.41) is 0. The first-order chi connectivity index (χ1) is 10.9. The highest BCUT2D eigenvalue weighted by Gasteiger charge is 2.14. The Hall–Kier alpha value is -1.38. The van der Waals surface area contributed by atoms with Gasteiger partial charge in [-0.25, -0.2) is 0 Å². The maximum atomic E-state index is 5.85. The predicted octanol–water partition coefficient (Wildman–Crippen LogP) is 4.02. The second kappa shape index (κ2) is 10.4. The molecule has 0 aromatic heterocycles. The van der Waals surface area contributed by atoms with Gasteiger partial charge in [-0.3, -0.25) is 0 Å². The van der Waals surface area contributed by atoms with Crippen LogP contribution in [-0.4, -0.2) is 34.2 Å². The predicted molar refractivity (Wildman–Crippen MR) is 97.7 cm³/mol. The van der Waals surface area contributed by atoms with Gasteiger partial charge in [0.15, 0.2) is 6.29 Å². The fraction of sp³-hybridized carbons (Fsp3) is 0.474. The van der Waals surface area contributed by atoms with Crippen LogP contribution in [0.4, 0.5) is 0 Å². The molecule has 0 saturated carbocycles. The molecule has 0 aliphatic carbocycles. The molecule has 0 aliphatic rings. The lowest BCUT2D eigenvalue weighted by Gasteiger charge is -2.20. The summed E-state index contributed by atoms with van der Waals surface area (Å²) in [5.74, 6) is 3.24. The van der Waals surface area contributed by atoms with Gasteiger partial charge < -0.3 is 14.2 Å². The van der Waals surface area contributed by atoms with E-state index in [1.54, 1.807) is 13.2 Å².